The van der Waals surface area contributed by atoms with Crippen LogP contribution in [0.5, 0.6) is 0 Å². The van der Waals surface area contributed by atoms with Crippen molar-refractivity contribution in [1.29, 1.82) is 0 Å². The van der Waals surface area contributed by atoms with Crippen LogP contribution in [0.1, 0.15) is 0 Å². The predicted octanol–water partition coefficient (Wildman–Crippen LogP) is 15.7. The molecule has 0 aliphatic rings. The van der Waals surface area contributed by atoms with E-state index in [1.54, 1.807) is 0 Å². The summed E-state index contributed by atoms with van der Waals surface area (Å²) in [5, 5.41) is 12.1. The molecular formula is C58H36N2. The van der Waals surface area contributed by atoms with Crippen LogP contribution in [-0.4, -0.2) is 9.97 Å². The quantitative estimate of drug-likeness (QED) is 0.163. The third-order valence-electron chi connectivity index (χ3n) is 12.4. The zero-order chi connectivity index (χ0) is 39.6. The minimum absolute atomic E-state index is 1.02. The van der Waals surface area contributed by atoms with E-state index in [1.165, 1.54) is 98.7 Å². The van der Waals surface area contributed by atoms with E-state index in [2.05, 4.69) is 206 Å². The smallest absolute Gasteiger partial charge is 0.0793 e. The largest absolute Gasteiger partial charge is 0.256 e. The van der Waals surface area contributed by atoms with Crippen molar-refractivity contribution in [2.24, 2.45) is 0 Å². The molecule has 0 atom stereocenters. The van der Waals surface area contributed by atoms with Crippen molar-refractivity contribution in [3.63, 3.8) is 0 Å². The standard InChI is InChI=1S/C58H36N2/c1-3-17-43-39(13-1)15-9-23-45(43)55-49-21-7-5-19-47(49)53(51-25-11-35-59-57(51)55)41-31-27-37(28-32-41)38-29-33-42(34-30-38)54-48-20-6-8-22-50(48)56(58-52(54)26-12-36-60-58)46-24-10-16-40-14-2-4-18-44(40)46/h1-36H. The lowest BCUT2D eigenvalue weighted by Crippen LogP contribution is -1.93. The molecule has 0 fully saturated rings. The Hall–Kier alpha value is -7.94. The molecule has 0 spiro atoms. The van der Waals surface area contributed by atoms with E-state index in [0.717, 1.165) is 21.8 Å². The van der Waals surface area contributed by atoms with Crippen LogP contribution in [0.25, 0.3) is 121 Å². The molecule has 2 heteroatoms. The first-order valence-electron chi connectivity index (χ1n) is 20.6. The van der Waals surface area contributed by atoms with Gasteiger partial charge < -0.3 is 0 Å². The van der Waals surface area contributed by atoms with Crippen molar-refractivity contribution >= 4 is 64.9 Å². The molecule has 0 saturated carbocycles. The van der Waals surface area contributed by atoms with Gasteiger partial charge in [-0.05, 0) is 99.7 Å². The Kier molecular flexibility index (Phi) is 7.89. The fourth-order valence-electron chi connectivity index (χ4n) is 9.71. The Bertz CT molecular complexity index is 3270. The minimum Gasteiger partial charge on any atom is -0.256 e. The molecule has 0 radical (unpaired) electrons. The van der Waals surface area contributed by atoms with Crippen molar-refractivity contribution < 1.29 is 0 Å². The molecule has 60 heavy (non-hydrogen) atoms. The third kappa shape index (κ3) is 5.35. The maximum Gasteiger partial charge on any atom is 0.0793 e. The molecule has 0 aliphatic carbocycles. The lowest BCUT2D eigenvalue weighted by molar-refractivity contribution is 1.42. The summed E-state index contributed by atoms with van der Waals surface area (Å²) in [4.78, 5) is 10.1. The van der Waals surface area contributed by atoms with Crippen molar-refractivity contribution in [3.8, 4) is 55.6 Å². The molecule has 0 aliphatic heterocycles. The third-order valence-corrected chi connectivity index (χ3v) is 12.4. The molecule has 12 aromatic rings. The number of benzene rings is 10. The molecule has 2 aromatic heterocycles. The molecule has 12 rings (SSSR count). The molecule has 0 amide bonds. The lowest BCUT2D eigenvalue weighted by atomic mass is 9.86. The summed E-state index contributed by atoms with van der Waals surface area (Å²) >= 11 is 0. The van der Waals surface area contributed by atoms with Gasteiger partial charge in [-0.15, -0.1) is 0 Å². The van der Waals surface area contributed by atoms with E-state index < -0.39 is 0 Å². The van der Waals surface area contributed by atoms with Crippen molar-refractivity contribution in [1.82, 2.24) is 9.97 Å². The van der Waals surface area contributed by atoms with Crippen LogP contribution in [0.15, 0.2) is 219 Å². The fraction of sp³-hybridized carbons (Fsp3) is 0. The van der Waals surface area contributed by atoms with Gasteiger partial charge in [0.15, 0.2) is 0 Å². The molecule has 2 heterocycles. The number of fused-ring (bicyclic) bond motifs is 6. The summed E-state index contributed by atoms with van der Waals surface area (Å²) in [6.45, 7) is 0. The molecule has 0 unspecified atom stereocenters. The fourth-order valence-corrected chi connectivity index (χ4v) is 9.71. The topological polar surface area (TPSA) is 25.8 Å². The van der Waals surface area contributed by atoms with E-state index in [4.69, 9.17) is 9.97 Å². The second-order valence-electron chi connectivity index (χ2n) is 15.6. The van der Waals surface area contributed by atoms with Gasteiger partial charge in [0.2, 0.25) is 0 Å². The molecule has 0 bridgehead atoms. The Labute approximate surface area is 347 Å². The van der Waals surface area contributed by atoms with E-state index in [0.29, 0.717) is 0 Å². The van der Waals surface area contributed by atoms with E-state index in [9.17, 15) is 0 Å². The summed E-state index contributed by atoms with van der Waals surface area (Å²) in [5.41, 5.74) is 13.9. The lowest BCUT2D eigenvalue weighted by Gasteiger charge is -2.18. The number of pyridine rings is 2. The van der Waals surface area contributed by atoms with Crippen LogP contribution >= 0.6 is 0 Å². The number of hydrogen-bond donors (Lipinski definition) is 0. The van der Waals surface area contributed by atoms with Crippen LogP contribution in [0.2, 0.25) is 0 Å². The number of aromatic nitrogens is 2. The predicted molar refractivity (Wildman–Crippen MR) is 254 cm³/mol. The van der Waals surface area contributed by atoms with Crippen LogP contribution in [0, 0.1) is 0 Å². The highest BCUT2D eigenvalue weighted by Gasteiger charge is 2.21. The zero-order valence-corrected chi connectivity index (χ0v) is 32.7. The van der Waals surface area contributed by atoms with Crippen molar-refractivity contribution in [2.75, 3.05) is 0 Å². The first-order valence-corrected chi connectivity index (χ1v) is 20.6. The highest BCUT2D eigenvalue weighted by Crippen LogP contribution is 2.46. The monoisotopic (exact) mass is 760 g/mol. The summed E-state index contributed by atoms with van der Waals surface area (Å²) in [7, 11) is 0. The summed E-state index contributed by atoms with van der Waals surface area (Å²) in [6.07, 6.45) is 3.84. The Morgan fingerprint density at radius 1 is 0.217 bits per heavy atom. The number of hydrogen-bond acceptors (Lipinski definition) is 2. The van der Waals surface area contributed by atoms with Crippen LogP contribution < -0.4 is 0 Å². The molecule has 10 aromatic carbocycles. The minimum atomic E-state index is 1.02. The second kappa shape index (κ2) is 13.9. The highest BCUT2D eigenvalue weighted by atomic mass is 14.7. The van der Waals surface area contributed by atoms with Gasteiger partial charge in [-0.25, -0.2) is 0 Å². The average molecular weight is 761 g/mol. The molecule has 0 N–H and O–H groups in total. The molecular weight excluding hydrogens is 725 g/mol. The first kappa shape index (κ1) is 34.1. The summed E-state index contributed by atoms with van der Waals surface area (Å²) in [6, 6.07) is 74.7. The number of rotatable bonds is 5. The normalized spacial score (nSPS) is 11.7. The van der Waals surface area contributed by atoms with E-state index in [-0.39, 0.29) is 0 Å². The highest BCUT2D eigenvalue weighted by molar-refractivity contribution is 6.24. The van der Waals surface area contributed by atoms with Crippen LogP contribution in [0.3, 0.4) is 0 Å². The maximum atomic E-state index is 5.07. The SMILES string of the molecule is c1ccc2c(-c3c4ccccc4c(-c4ccc(-c5ccc(-c6c7ccccc7c(-c7cccc8ccccc78)c7ncccc67)cc5)cc4)c4cccnc34)cccc2c1. The Morgan fingerprint density at radius 3 is 0.950 bits per heavy atom. The molecule has 278 valence electrons. The Morgan fingerprint density at radius 2 is 0.533 bits per heavy atom. The van der Waals surface area contributed by atoms with Gasteiger partial charge in [0.1, 0.15) is 0 Å². The van der Waals surface area contributed by atoms with Gasteiger partial charge >= 0.3 is 0 Å². The second-order valence-corrected chi connectivity index (χ2v) is 15.6. The summed E-state index contributed by atoms with van der Waals surface area (Å²) in [5.74, 6) is 0. The van der Waals surface area contributed by atoms with Crippen molar-refractivity contribution in [3.05, 3.63) is 219 Å². The van der Waals surface area contributed by atoms with Crippen molar-refractivity contribution in [2.45, 2.75) is 0 Å². The van der Waals surface area contributed by atoms with Crippen LogP contribution in [0.4, 0.5) is 0 Å². The zero-order valence-electron chi connectivity index (χ0n) is 32.7. The average Bonchev–Trinajstić information content (AvgIpc) is 3.32. The van der Waals surface area contributed by atoms with Gasteiger partial charge in [0.25, 0.3) is 0 Å². The van der Waals surface area contributed by atoms with E-state index in [1.807, 2.05) is 12.4 Å². The van der Waals surface area contributed by atoms with Gasteiger partial charge in [0.05, 0.1) is 11.0 Å². The maximum absolute atomic E-state index is 5.07. The first-order chi connectivity index (χ1) is 29.8. The molecule has 0 saturated heterocycles. The number of nitrogens with zero attached hydrogens (tertiary/aromatic N) is 2. The van der Waals surface area contributed by atoms with Gasteiger partial charge in [-0.3, -0.25) is 9.97 Å². The van der Waals surface area contributed by atoms with Gasteiger partial charge in [0, 0.05) is 34.3 Å². The Balaban J connectivity index is 0.964. The summed E-state index contributed by atoms with van der Waals surface area (Å²) < 4.78 is 0. The van der Waals surface area contributed by atoms with Gasteiger partial charge in [-0.1, -0.05) is 194 Å². The molecule has 2 nitrogen and oxygen atoms in total. The van der Waals surface area contributed by atoms with Gasteiger partial charge in [-0.2, -0.15) is 0 Å². The van der Waals surface area contributed by atoms with Crippen LogP contribution in [-0.2, 0) is 0 Å². The van der Waals surface area contributed by atoms with E-state index >= 15 is 0 Å².